The zero-order valence-corrected chi connectivity index (χ0v) is 20.6. The fourth-order valence-electron chi connectivity index (χ4n) is 5.10. The van der Waals surface area contributed by atoms with Gasteiger partial charge in [-0.15, -0.1) is 0 Å². The molecule has 1 fully saturated rings. The molecule has 2 aliphatic rings. The molecule has 0 saturated carbocycles. The lowest BCUT2D eigenvalue weighted by molar-refractivity contribution is -0.124. The number of benzene rings is 2. The van der Waals surface area contributed by atoms with Crippen molar-refractivity contribution in [2.45, 2.75) is 38.6 Å². The van der Waals surface area contributed by atoms with Gasteiger partial charge in [-0.1, -0.05) is 31.2 Å². The summed E-state index contributed by atoms with van der Waals surface area (Å²) in [5.74, 6) is 0.732. The highest BCUT2D eigenvalue weighted by Gasteiger charge is 2.34. The number of nitrogens with zero attached hydrogens (tertiary/aromatic N) is 4. The van der Waals surface area contributed by atoms with Crippen LogP contribution in [0.5, 0.6) is 0 Å². The predicted octanol–water partition coefficient (Wildman–Crippen LogP) is 3.38. The van der Waals surface area contributed by atoms with Crippen molar-refractivity contribution < 1.29 is 9.59 Å². The molecule has 0 spiro atoms. The number of anilines is 2. The van der Waals surface area contributed by atoms with Crippen LogP contribution >= 0.6 is 11.5 Å². The third-order valence-corrected chi connectivity index (χ3v) is 7.99. The van der Waals surface area contributed by atoms with E-state index in [0.29, 0.717) is 6.42 Å². The van der Waals surface area contributed by atoms with Crippen molar-refractivity contribution in [3.63, 3.8) is 0 Å². The van der Waals surface area contributed by atoms with Gasteiger partial charge in [-0.2, -0.15) is 4.37 Å². The number of piperazine rings is 1. The maximum atomic E-state index is 12.6. The van der Waals surface area contributed by atoms with E-state index in [1.54, 1.807) is 23.4 Å². The molecule has 2 amide bonds. The first-order valence-corrected chi connectivity index (χ1v) is 12.8. The smallest absolute Gasteiger partial charge is 0.240 e. The molecule has 2 aliphatic heterocycles. The summed E-state index contributed by atoms with van der Waals surface area (Å²) >= 11 is 1.58. The average Bonchev–Trinajstić information content (AvgIpc) is 3.27. The van der Waals surface area contributed by atoms with Crippen LogP contribution in [0.3, 0.4) is 0 Å². The van der Waals surface area contributed by atoms with Crippen LogP contribution in [0.1, 0.15) is 37.3 Å². The number of carbonyl (C=O) groups is 2. The second kappa shape index (κ2) is 9.35. The van der Waals surface area contributed by atoms with Gasteiger partial charge in [-0.3, -0.25) is 19.4 Å². The summed E-state index contributed by atoms with van der Waals surface area (Å²) in [7, 11) is 0. The number of fused-ring (bicyclic) bond motifs is 2. The summed E-state index contributed by atoms with van der Waals surface area (Å²) in [6.07, 6.45) is 1.36. The van der Waals surface area contributed by atoms with E-state index in [1.165, 1.54) is 15.6 Å². The summed E-state index contributed by atoms with van der Waals surface area (Å²) < 4.78 is 5.96. The summed E-state index contributed by atoms with van der Waals surface area (Å²) in [6.45, 7) is 8.78. The standard InChI is InChI=1S/C26H31N5O2S/c1-17-15-24(32)31(18(2)25(27)33)22-8-7-19(16-21(17)22)9-10-29-11-13-30(14-12-29)26-20-5-3-4-6-23(20)34-28-26/h3-8,16-18H,9-15H2,1-2H3,(H2,27,33). The maximum absolute atomic E-state index is 12.6. The van der Waals surface area contributed by atoms with E-state index in [1.807, 2.05) is 6.07 Å². The molecule has 3 heterocycles. The normalized spacial score (nSPS) is 19.9. The van der Waals surface area contributed by atoms with E-state index in [-0.39, 0.29) is 11.8 Å². The topological polar surface area (TPSA) is 82.8 Å². The van der Waals surface area contributed by atoms with E-state index in [2.05, 4.69) is 53.1 Å². The first-order valence-electron chi connectivity index (χ1n) is 12.0. The molecule has 0 bridgehead atoms. The molecule has 0 radical (unpaired) electrons. The zero-order chi connectivity index (χ0) is 23.8. The Labute approximate surface area is 204 Å². The second-order valence-electron chi connectivity index (χ2n) is 9.42. The van der Waals surface area contributed by atoms with Crippen LogP contribution in [0.25, 0.3) is 10.1 Å². The van der Waals surface area contributed by atoms with Crippen molar-refractivity contribution in [1.82, 2.24) is 9.27 Å². The molecule has 1 aromatic heterocycles. The molecular weight excluding hydrogens is 446 g/mol. The molecule has 34 heavy (non-hydrogen) atoms. The van der Waals surface area contributed by atoms with Gasteiger partial charge in [-0.05, 0) is 60.1 Å². The molecule has 0 aliphatic carbocycles. The highest BCUT2D eigenvalue weighted by atomic mass is 32.1. The van der Waals surface area contributed by atoms with Crippen LogP contribution in [-0.2, 0) is 16.0 Å². The number of nitrogens with two attached hydrogens (primary N) is 1. The molecule has 1 saturated heterocycles. The average molecular weight is 478 g/mol. The second-order valence-corrected chi connectivity index (χ2v) is 10.2. The van der Waals surface area contributed by atoms with Crippen molar-refractivity contribution in [2.75, 3.05) is 42.5 Å². The van der Waals surface area contributed by atoms with Gasteiger partial charge in [0, 0.05) is 50.2 Å². The monoisotopic (exact) mass is 477 g/mol. The maximum Gasteiger partial charge on any atom is 0.240 e. The Morgan fingerprint density at radius 3 is 2.71 bits per heavy atom. The number of hydrogen-bond donors (Lipinski definition) is 1. The number of hydrogen-bond acceptors (Lipinski definition) is 6. The van der Waals surface area contributed by atoms with Gasteiger partial charge in [0.15, 0.2) is 0 Å². The molecule has 178 valence electrons. The molecule has 2 aromatic carbocycles. The fourth-order valence-corrected chi connectivity index (χ4v) is 5.90. The summed E-state index contributed by atoms with van der Waals surface area (Å²) in [6, 6.07) is 14.1. The Morgan fingerprint density at radius 2 is 1.94 bits per heavy atom. The molecule has 8 heteroatoms. The molecule has 3 aromatic rings. The van der Waals surface area contributed by atoms with Crippen LogP contribution in [0.15, 0.2) is 42.5 Å². The lowest BCUT2D eigenvalue weighted by Gasteiger charge is -2.36. The SMILES string of the molecule is CC1CC(=O)N(C(C)C(N)=O)c2ccc(CCN3CCN(c4nsc5ccccc45)CC3)cc21. The molecular formula is C26H31N5O2S. The van der Waals surface area contributed by atoms with Crippen molar-refractivity contribution in [3.8, 4) is 0 Å². The Kier molecular flexibility index (Phi) is 6.27. The minimum Gasteiger partial charge on any atom is -0.368 e. The van der Waals surface area contributed by atoms with E-state index in [4.69, 9.17) is 10.1 Å². The van der Waals surface area contributed by atoms with Crippen molar-refractivity contribution in [1.29, 1.82) is 0 Å². The molecule has 7 nitrogen and oxygen atoms in total. The number of rotatable bonds is 6. The molecule has 5 rings (SSSR count). The van der Waals surface area contributed by atoms with Gasteiger partial charge in [0.1, 0.15) is 11.9 Å². The highest BCUT2D eigenvalue weighted by Crippen LogP contribution is 2.37. The quantitative estimate of drug-likeness (QED) is 0.589. The summed E-state index contributed by atoms with van der Waals surface area (Å²) in [4.78, 5) is 30.9. The van der Waals surface area contributed by atoms with E-state index in [9.17, 15) is 9.59 Å². The van der Waals surface area contributed by atoms with Crippen molar-refractivity contribution in [3.05, 3.63) is 53.6 Å². The molecule has 2 N–H and O–H groups in total. The van der Waals surface area contributed by atoms with Gasteiger partial charge in [0.2, 0.25) is 11.8 Å². The predicted molar refractivity (Wildman–Crippen MR) is 138 cm³/mol. The number of primary amides is 1. The van der Waals surface area contributed by atoms with Gasteiger partial charge in [-0.25, -0.2) is 0 Å². The lowest BCUT2D eigenvalue weighted by atomic mass is 9.88. The first kappa shape index (κ1) is 22.8. The fraction of sp³-hybridized carbons (Fsp3) is 0.423. The minimum atomic E-state index is -0.643. The van der Waals surface area contributed by atoms with E-state index in [0.717, 1.165) is 56.2 Å². The number of amides is 2. The van der Waals surface area contributed by atoms with Crippen LogP contribution in [-0.4, -0.2) is 59.9 Å². The van der Waals surface area contributed by atoms with Crippen molar-refractivity contribution >= 4 is 44.9 Å². The highest BCUT2D eigenvalue weighted by molar-refractivity contribution is 7.13. The van der Waals surface area contributed by atoms with E-state index >= 15 is 0 Å². The Morgan fingerprint density at radius 1 is 1.18 bits per heavy atom. The third-order valence-electron chi connectivity index (χ3n) is 7.18. The molecule has 2 atom stereocenters. The Bertz CT molecular complexity index is 1220. The number of aromatic nitrogens is 1. The largest absolute Gasteiger partial charge is 0.368 e. The summed E-state index contributed by atoms with van der Waals surface area (Å²) in [5.41, 5.74) is 8.72. The zero-order valence-electron chi connectivity index (χ0n) is 19.7. The number of carbonyl (C=O) groups excluding carboxylic acids is 2. The van der Waals surface area contributed by atoms with Gasteiger partial charge in [0.25, 0.3) is 0 Å². The van der Waals surface area contributed by atoms with Gasteiger partial charge < -0.3 is 10.6 Å². The van der Waals surface area contributed by atoms with Crippen LogP contribution in [0, 0.1) is 0 Å². The first-order chi connectivity index (χ1) is 16.4. The molecule has 2 unspecified atom stereocenters. The van der Waals surface area contributed by atoms with Gasteiger partial charge in [0.05, 0.1) is 4.70 Å². The van der Waals surface area contributed by atoms with E-state index < -0.39 is 11.9 Å². The van der Waals surface area contributed by atoms with Crippen LogP contribution < -0.4 is 15.5 Å². The third kappa shape index (κ3) is 4.28. The Hall–Kier alpha value is -2.97. The van der Waals surface area contributed by atoms with Gasteiger partial charge >= 0.3 is 0 Å². The Balaban J connectivity index is 1.22. The summed E-state index contributed by atoms with van der Waals surface area (Å²) in [5, 5.41) is 1.25. The van der Waals surface area contributed by atoms with Crippen LogP contribution in [0.4, 0.5) is 11.5 Å². The lowest BCUT2D eigenvalue weighted by Crippen LogP contribution is -2.48. The van der Waals surface area contributed by atoms with Crippen molar-refractivity contribution in [2.24, 2.45) is 5.73 Å². The van der Waals surface area contributed by atoms with Crippen LogP contribution in [0.2, 0.25) is 0 Å². The minimum absolute atomic E-state index is 0.0372.